The van der Waals surface area contributed by atoms with Crippen LogP contribution in [0.3, 0.4) is 0 Å². The molecule has 0 aliphatic rings. The Bertz CT molecular complexity index is 701. The van der Waals surface area contributed by atoms with E-state index in [1.807, 2.05) is 35.0 Å². The third-order valence-corrected chi connectivity index (χ3v) is 2.98. The molecule has 0 spiro atoms. The summed E-state index contributed by atoms with van der Waals surface area (Å²) < 4.78 is 2.04. The van der Waals surface area contributed by atoms with Crippen molar-refractivity contribution in [3.63, 3.8) is 0 Å². The van der Waals surface area contributed by atoms with Gasteiger partial charge in [0.15, 0.2) is 0 Å². The molecular weight excluding hydrogens is 267 g/mol. The first kappa shape index (κ1) is 14.6. The van der Waals surface area contributed by atoms with Crippen LogP contribution in [0.15, 0.2) is 48.7 Å². The van der Waals surface area contributed by atoms with E-state index in [0.717, 1.165) is 17.6 Å². The second-order valence-corrected chi connectivity index (χ2v) is 4.22. The molecule has 2 aromatic heterocycles. The molecule has 0 atom stereocenters. The quantitative estimate of drug-likeness (QED) is 0.723. The minimum atomic E-state index is -0.933. The zero-order valence-corrected chi connectivity index (χ0v) is 13.8. The van der Waals surface area contributed by atoms with Crippen LogP contribution < -0.4 is 0 Å². The van der Waals surface area contributed by atoms with Gasteiger partial charge in [-0.3, -0.25) is 0 Å². The van der Waals surface area contributed by atoms with Gasteiger partial charge in [-0.1, -0.05) is 30.3 Å². The summed E-state index contributed by atoms with van der Waals surface area (Å²) in [5.41, 5.74) is 3.18. The van der Waals surface area contributed by atoms with Crippen molar-refractivity contribution >= 4 is 68.4 Å². The number of nitrogens with zero attached hydrogens (tertiary/aromatic N) is 1. The molecule has 5 heteroatoms. The molecule has 2 N–H and O–H groups in total. The predicted molar refractivity (Wildman–Crippen MR) is 74.5 cm³/mol. The number of hydrogen-bond donors (Lipinski definition) is 2. The summed E-state index contributed by atoms with van der Waals surface area (Å²) >= 11 is 0. The fraction of sp³-hybridized carbons (Fsp3) is 0.0714. The number of carboxylic acids is 1. The predicted octanol–water partition coefficient (Wildman–Crippen LogP) is 2.34. The van der Waals surface area contributed by atoms with E-state index < -0.39 is 5.97 Å². The maximum Gasteiger partial charge on any atom is 0.352 e. The van der Waals surface area contributed by atoms with Crippen molar-refractivity contribution in [3.8, 4) is 0 Å². The molecule has 0 bridgehead atoms. The summed E-state index contributed by atoms with van der Waals surface area (Å²) in [6.07, 6.45) is 1.96. The molecule has 3 rings (SSSR count). The van der Waals surface area contributed by atoms with E-state index >= 15 is 0 Å². The van der Waals surface area contributed by atoms with E-state index in [0.29, 0.717) is 0 Å². The number of aromatic carboxylic acids is 1. The number of fused-ring (bicyclic) bond motifs is 1. The first-order valence-corrected chi connectivity index (χ1v) is 5.69. The molecule has 0 amide bonds. The van der Waals surface area contributed by atoms with Gasteiger partial charge in [0.1, 0.15) is 5.69 Å². The van der Waals surface area contributed by atoms with Gasteiger partial charge >= 0.3 is 5.97 Å². The SMILES string of the molecule is O=C(O)c1cc2c(ccn2Cc2ccccc2)[nH]1.[K]. The zero-order valence-electron chi connectivity index (χ0n) is 10.6. The smallest absolute Gasteiger partial charge is 0.352 e. The van der Waals surface area contributed by atoms with E-state index in [-0.39, 0.29) is 57.1 Å². The van der Waals surface area contributed by atoms with Crippen molar-refractivity contribution in [2.24, 2.45) is 0 Å². The Hall–Kier alpha value is -0.854. The fourth-order valence-electron chi connectivity index (χ4n) is 2.10. The number of carbonyl (C=O) groups is 1. The van der Waals surface area contributed by atoms with Crippen molar-refractivity contribution < 1.29 is 9.90 Å². The van der Waals surface area contributed by atoms with Crippen molar-refractivity contribution in [1.29, 1.82) is 0 Å². The number of benzene rings is 1. The summed E-state index contributed by atoms with van der Waals surface area (Å²) in [6, 6.07) is 13.6. The minimum absolute atomic E-state index is 0. The molecule has 0 aliphatic heterocycles. The van der Waals surface area contributed by atoms with Crippen LogP contribution >= 0.6 is 0 Å². The second kappa shape index (κ2) is 6.07. The van der Waals surface area contributed by atoms with Crippen LogP contribution in [0.5, 0.6) is 0 Å². The molecule has 1 radical (unpaired) electrons. The summed E-state index contributed by atoms with van der Waals surface area (Å²) in [7, 11) is 0. The minimum Gasteiger partial charge on any atom is -0.477 e. The van der Waals surface area contributed by atoms with Crippen LogP contribution in [-0.4, -0.2) is 72.0 Å². The molecular formula is C14H12KN2O2. The van der Waals surface area contributed by atoms with E-state index in [4.69, 9.17) is 5.11 Å². The van der Waals surface area contributed by atoms with E-state index in [2.05, 4.69) is 17.1 Å². The van der Waals surface area contributed by atoms with Gasteiger partial charge in [-0.25, -0.2) is 4.79 Å². The maximum atomic E-state index is 10.9. The number of aromatic amines is 1. The van der Waals surface area contributed by atoms with Gasteiger partial charge in [0, 0.05) is 64.1 Å². The number of H-pyrrole nitrogens is 1. The third-order valence-electron chi connectivity index (χ3n) is 2.98. The molecule has 1 aromatic carbocycles. The number of carboxylic acid groups (broad SMARTS) is 1. The summed E-state index contributed by atoms with van der Waals surface area (Å²) in [5, 5.41) is 8.94. The molecule has 3 aromatic rings. The van der Waals surface area contributed by atoms with Crippen molar-refractivity contribution in [1.82, 2.24) is 9.55 Å². The molecule has 0 saturated heterocycles. The molecule has 4 nitrogen and oxygen atoms in total. The molecule has 0 saturated carbocycles. The Labute approximate surface area is 152 Å². The van der Waals surface area contributed by atoms with Gasteiger partial charge in [0.05, 0.1) is 11.0 Å². The second-order valence-electron chi connectivity index (χ2n) is 4.22. The van der Waals surface area contributed by atoms with Crippen molar-refractivity contribution in [3.05, 3.63) is 59.9 Å². The van der Waals surface area contributed by atoms with E-state index in [1.165, 1.54) is 5.56 Å². The maximum absolute atomic E-state index is 10.9. The first-order valence-electron chi connectivity index (χ1n) is 5.69. The summed E-state index contributed by atoms with van der Waals surface area (Å²) in [6.45, 7) is 0.737. The molecule has 19 heavy (non-hydrogen) atoms. The Morgan fingerprint density at radius 3 is 2.63 bits per heavy atom. The monoisotopic (exact) mass is 279 g/mol. The number of aromatic nitrogens is 2. The Balaban J connectivity index is 0.00000133. The van der Waals surface area contributed by atoms with E-state index in [9.17, 15) is 4.79 Å². The first-order chi connectivity index (χ1) is 8.74. The topological polar surface area (TPSA) is 58.0 Å². The Morgan fingerprint density at radius 2 is 1.95 bits per heavy atom. The van der Waals surface area contributed by atoms with Crippen molar-refractivity contribution in [2.75, 3.05) is 0 Å². The Morgan fingerprint density at radius 1 is 1.21 bits per heavy atom. The van der Waals surface area contributed by atoms with Crippen LogP contribution in [0.25, 0.3) is 11.0 Å². The molecule has 2 heterocycles. The van der Waals surface area contributed by atoms with Crippen LogP contribution in [-0.2, 0) is 6.54 Å². The molecule has 91 valence electrons. The van der Waals surface area contributed by atoms with Crippen LogP contribution in [0.2, 0.25) is 0 Å². The summed E-state index contributed by atoms with van der Waals surface area (Å²) in [5.74, 6) is -0.933. The number of nitrogens with one attached hydrogen (secondary N) is 1. The van der Waals surface area contributed by atoms with Gasteiger partial charge in [-0.05, 0) is 17.7 Å². The molecule has 0 aliphatic carbocycles. The van der Waals surface area contributed by atoms with Crippen molar-refractivity contribution in [2.45, 2.75) is 6.54 Å². The summed E-state index contributed by atoms with van der Waals surface area (Å²) in [4.78, 5) is 13.8. The number of hydrogen-bond acceptors (Lipinski definition) is 1. The van der Waals surface area contributed by atoms with Gasteiger partial charge in [0.2, 0.25) is 0 Å². The normalized spacial score (nSPS) is 10.3. The number of rotatable bonds is 3. The van der Waals surface area contributed by atoms with Crippen LogP contribution in [0.4, 0.5) is 0 Å². The zero-order chi connectivity index (χ0) is 12.5. The Kier molecular flexibility index (Phi) is 4.65. The third kappa shape index (κ3) is 3.01. The van der Waals surface area contributed by atoms with Crippen LogP contribution in [0.1, 0.15) is 16.1 Å². The largest absolute Gasteiger partial charge is 0.477 e. The standard InChI is InChI=1S/C14H12N2O2.K/c17-14(18)12-8-13-11(15-12)6-7-16(13)9-10-4-2-1-3-5-10;/h1-8,15H,9H2,(H,17,18);. The molecule has 0 unspecified atom stereocenters. The average molecular weight is 279 g/mol. The van der Waals surface area contributed by atoms with Gasteiger partial charge in [-0.2, -0.15) is 0 Å². The fourth-order valence-corrected chi connectivity index (χ4v) is 2.10. The van der Waals surface area contributed by atoms with Gasteiger partial charge in [-0.15, -0.1) is 0 Å². The van der Waals surface area contributed by atoms with Crippen LogP contribution in [0, 0.1) is 0 Å². The molecule has 0 fully saturated rings. The average Bonchev–Trinajstić information content (AvgIpc) is 2.93. The van der Waals surface area contributed by atoms with E-state index in [1.54, 1.807) is 6.07 Å². The van der Waals surface area contributed by atoms with Gasteiger partial charge in [0.25, 0.3) is 0 Å². The van der Waals surface area contributed by atoms with Gasteiger partial charge < -0.3 is 14.7 Å².